The van der Waals surface area contributed by atoms with Crippen molar-refractivity contribution in [3.63, 3.8) is 0 Å². The number of nitrogens with one attached hydrogen (secondary N) is 1. The van der Waals surface area contributed by atoms with Crippen LogP contribution < -0.4 is 10.2 Å². The first-order valence-corrected chi connectivity index (χ1v) is 11.6. The smallest absolute Gasteiger partial charge is 0.263 e. The number of nitrogens with zero attached hydrogens (tertiary/aromatic N) is 4. The number of anilines is 1. The summed E-state index contributed by atoms with van der Waals surface area (Å²) in [4.78, 5) is 23.7. The van der Waals surface area contributed by atoms with Gasteiger partial charge in [0.2, 0.25) is 5.91 Å². The van der Waals surface area contributed by atoms with Gasteiger partial charge in [-0.15, -0.1) is 0 Å². The Morgan fingerprint density at radius 2 is 1.94 bits per heavy atom. The van der Waals surface area contributed by atoms with Crippen LogP contribution in [0.15, 0.2) is 59.4 Å². The number of rotatable bonds is 6. The lowest BCUT2D eigenvalue weighted by molar-refractivity contribution is -0.125. The number of aromatic nitrogens is 3. The van der Waals surface area contributed by atoms with Gasteiger partial charge in [0.1, 0.15) is 29.0 Å². The number of piperidine rings is 1. The van der Waals surface area contributed by atoms with Crippen LogP contribution in [-0.2, 0) is 11.2 Å². The number of hydrogen-bond acceptors (Lipinski definition) is 6. The van der Waals surface area contributed by atoms with Crippen molar-refractivity contribution in [2.45, 2.75) is 19.3 Å². The minimum atomic E-state index is -0.325. The van der Waals surface area contributed by atoms with Crippen LogP contribution in [-0.4, -0.2) is 40.7 Å². The Hall–Kier alpha value is -3.52. The summed E-state index contributed by atoms with van der Waals surface area (Å²) >= 11 is 5.93. The summed E-state index contributed by atoms with van der Waals surface area (Å²) in [7, 11) is 0. The second-order valence-electron chi connectivity index (χ2n) is 8.37. The van der Waals surface area contributed by atoms with Crippen LogP contribution in [0.3, 0.4) is 0 Å². The summed E-state index contributed by atoms with van der Waals surface area (Å²) in [5, 5.41) is 8.59. The summed E-state index contributed by atoms with van der Waals surface area (Å²) < 4.78 is 18.8. The van der Waals surface area contributed by atoms with Gasteiger partial charge in [0, 0.05) is 30.2 Å². The third-order valence-electron chi connectivity index (χ3n) is 6.09. The standard InChI is InChI=1S/C25H23ClFN5O2/c26-19-7-3-16(4-8-19)11-12-28-24(33)18-2-1-13-32(14-18)23-21-22(17-5-9-20(27)10-6-17)31-34-25(21)30-15-29-23/h3-10,15,18H,1-2,11-14H2,(H,28,33). The van der Waals surface area contributed by atoms with E-state index in [9.17, 15) is 9.18 Å². The lowest BCUT2D eigenvalue weighted by Crippen LogP contribution is -2.43. The van der Waals surface area contributed by atoms with E-state index in [1.807, 2.05) is 24.3 Å². The molecule has 0 aliphatic carbocycles. The first kappa shape index (κ1) is 22.3. The second kappa shape index (κ2) is 9.77. The van der Waals surface area contributed by atoms with Gasteiger partial charge < -0.3 is 14.7 Å². The minimum Gasteiger partial charge on any atom is -0.355 e. The van der Waals surface area contributed by atoms with Crippen LogP contribution in [0.2, 0.25) is 5.02 Å². The van der Waals surface area contributed by atoms with E-state index in [-0.39, 0.29) is 17.6 Å². The molecule has 0 spiro atoms. The number of hydrogen-bond donors (Lipinski definition) is 1. The van der Waals surface area contributed by atoms with Crippen molar-refractivity contribution >= 4 is 34.4 Å². The number of fused-ring (bicyclic) bond motifs is 1. The van der Waals surface area contributed by atoms with Crippen molar-refractivity contribution in [1.82, 2.24) is 20.4 Å². The number of carbonyl (C=O) groups excluding carboxylic acids is 1. The Kier molecular flexibility index (Phi) is 6.40. The topological polar surface area (TPSA) is 84.2 Å². The van der Waals surface area contributed by atoms with E-state index < -0.39 is 0 Å². The molecular formula is C25H23ClFN5O2. The maximum Gasteiger partial charge on any atom is 0.263 e. The maximum absolute atomic E-state index is 13.4. The Morgan fingerprint density at radius 3 is 2.74 bits per heavy atom. The number of amides is 1. The predicted octanol–water partition coefficient (Wildman–Crippen LogP) is 4.65. The van der Waals surface area contributed by atoms with E-state index in [4.69, 9.17) is 16.1 Å². The predicted molar refractivity (Wildman–Crippen MR) is 128 cm³/mol. The molecule has 1 N–H and O–H groups in total. The van der Waals surface area contributed by atoms with Crippen LogP contribution in [0.5, 0.6) is 0 Å². The first-order valence-electron chi connectivity index (χ1n) is 11.2. The highest BCUT2D eigenvalue weighted by Gasteiger charge is 2.29. The number of carbonyl (C=O) groups is 1. The molecule has 4 aromatic rings. The number of benzene rings is 2. The van der Waals surface area contributed by atoms with E-state index in [0.29, 0.717) is 46.3 Å². The van der Waals surface area contributed by atoms with Gasteiger partial charge in [-0.2, -0.15) is 4.98 Å². The monoisotopic (exact) mass is 479 g/mol. The highest BCUT2D eigenvalue weighted by atomic mass is 35.5. The fraction of sp³-hybridized carbons (Fsp3) is 0.280. The average Bonchev–Trinajstić information content (AvgIpc) is 3.30. The Morgan fingerprint density at radius 1 is 1.15 bits per heavy atom. The highest BCUT2D eigenvalue weighted by Crippen LogP contribution is 2.34. The molecular weight excluding hydrogens is 457 g/mol. The average molecular weight is 480 g/mol. The van der Waals surface area contributed by atoms with E-state index in [1.165, 1.54) is 18.5 Å². The summed E-state index contributed by atoms with van der Waals surface area (Å²) in [5.74, 6) is 0.226. The van der Waals surface area contributed by atoms with Crippen LogP contribution in [0.1, 0.15) is 18.4 Å². The quantitative estimate of drug-likeness (QED) is 0.433. The van der Waals surface area contributed by atoms with Crippen LogP contribution in [0.25, 0.3) is 22.4 Å². The van der Waals surface area contributed by atoms with Crippen molar-refractivity contribution in [2.75, 3.05) is 24.5 Å². The van der Waals surface area contributed by atoms with Gasteiger partial charge in [-0.1, -0.05) is 28.9 Å². The maximum atomic E-state index is 13.4. The molecule has 2 aromatic carbocycles. The van der Waals surface area contributed by atoms with Gasteiger partial charge in [0.05, 0.1) is 5.92 Å². The summed E-state index contributed by atoms with van der Waals surface area (Å²) in [5.41, 5.74) is 2.75. The van der Waals surface area contributed by atoms with Crippen LogP contribution in [0, 0.1) is 11.7 Å². The fourth-order valence-electron chi connectivity index (χ4n) is 4.33. The molecule has 5 rings (SSSR count). The number of halogens is 2. The molecule has 0 radical (unpaired) electrons. The Balaban J connectivity index is 1.31. The zero-order valence-electron chi connectivity index (χ0n) is 18.4. The molecule has 1 saturated heterocycles. The molecule has 3 heterocycles. The van der Waals surface area contributed by atoms with Crippen molar-refractivity contribution in [3.8, 4) is 11.3 Å². The second-order valence-corrected chi connectivity index (χ2v) is 8.80. The van der Waals surface area contributed by atoms with Crippen LogP contribution >= 0.6 is 11.6 Å². The zero-order chi connectivity index (χ0) is 23.5. The summed E-state index contributed by atoms with van der Waals surface area (Å²) in [6, 6.07) is 13.7. The van der Waals surface area contributed by atoms with E-state index in [1.54, 1.807) is 12.1 Å². The first-order chi connectivity index (χ1) is 16.6. The molecule has 174 valence electrons. The molecule has 1 atom stereocenters. The molecule has 34 heavy (non-hydrogen) atoms. The van der Waals surface area contributed by atoms with Gasteiger partial charge >= 0.3 is 0 Å². The Bertz CT molecular complexity index is 1290. The molecule has 1 aliphatic heterocycles. The molecule has 1 amide bonds. The molecule has 9 heteroatoms. The third-order valence-corrected chi connectivity index (χ3v) is 6.34. The van der Waals surface area contributed by atoms with Crippen molar-refractivity contribution in [3.05, 3.63) is 71.3 Å². The summed E-state index contributed by atoms with van der Waals surface area (Å²) in [6.45, 7) is 1.86. The highest BCUT2D eigenvalue weighted by molar-refractivity contribution is 6.30. The normalized spacial score (nSPS) is 16.1. The molecule has 1 unspecified atom stereocenters. The largest absolute Gasteiger partial charge is 0.355 e. The summed E-state index contributed by atoms with van der Waals surface area (Å²) in [6.07, 6.45) is 3.85. The van der Waals surface area contributed by atoms with Crippen molar-refractivity contribution < 1.29 is 13.7 Å². The van der Waals surface area contributed by atoms with Gasteiger partial charge in [0.15, 0.2) is 0 Å². The van der Waals surface area contributed by atoms with E-state index >= 15 is 0 Å². The molecule has 0 saturated carbocycles. The van der Waals surface area contributed by atoms with Gasteiger partial charge in [-0.05, 0) is 61.2 Å². The van der Waals surface area contributed by atoms with Gasteiger partial charge in [-0.3, -0.25) is 4.79 Å². The van der Waals surface area contributed by atoms with E-state index in [0.717, 1.165) is 31.4 Å². The molecule has 0 bridgehead atoms. The van der Waals surface area contributed by atoms with Crippen molar-refractivity contribution in [2.24, 2.45) is 5.92 Å². The minimum absolute atomic E-state index is 0.0352. The molecule has 1 fully saturated rings. The molecule has 7 nitrogen and oxygen atoms in total. The molecule has 2 aromatic heterocycles. The zero-order valence-corrected chi connectivity index (χ0v) is 19.1. The van der Waals surface area contributed by atoms with Gasteiger partial charge in [-0.25, -0.2) is 9.37 Å². The van der Waals surface area contributed by atoms with E-state index in [2.05, 4.69) is 25.3 Å². The van der Waals surface area contributed by atoms with Crippen molar-refractivity contribution in [1.29, 1.82) is 0 Å². The Labute approximate surface area is 200 Å². The lowest BCUT2D eigenvalue weighted by atomic mass is 9.96. The lowest BCUT2D eigenvalue weighted by Gasteiger charge is -2.33. The SMILES string of the molecule is O=C(NCCc1ccc(Cl)cc1)C1CCCN(c2ncnc3onc(-c4ccc(F)cc4)c23)C1. The fourth-order valence-corrected chi connectivity index (χ4v) is 4.45. The third kappa shape index (κ3) is 4.72. The molecule has 1 aliphatic rings. The van der Waals surface area contributed by atoms with Crippen LogP contribution in [0.4, 0.5) is 10.2 Å². The van der Waals surface area contributed by atoms with Gasteiger partial charge in [0.25, 0.3) is 5.71 Å².